The Labute approximate surface area is 139 Å². The topological polar surface area (TPSA) is 119 Å². The summed E-state index contributed by atoms with van der Waals surface area (Å²) in [6.45, 7) is 0. The standard InChI is InChI=1S/C16H20N6O2/c17-14-13(22(23)24)15(18-11-7-3-1-4-8-11)21-16(20-14)19-12-9-5-2-6-10-12/h2,5-6,9-11H,1,3-4,7-8H2,(H4,17,18,19,20,21). The predicted molar refractivity (Wildman–Crippen MR) is 93.3 cm³/mol. The number of nitrogens with one attached hydrogen (secondary N) is 2. The van der Waals surface area contributed by atoms with E-state index in [2.05, 4.69) is 20.6 Å². The van der Waals surface area contributed by atoms with E-state index in [0.29, 0.717) is 0 Å². The molecule has 1 saturated carbocycles. The summed E-state index contributed by atoms with van der Waals surface area (Å²) in [4.78, 5) is 19.1. The monoisotopic (exact) mass is 328 g/mol. The maximum atomic E-state index is 11.3. The van der Waals surface area contributed by atoms with Gasteiger partial charge in [0.25, 0.3) is 0 Å². The highest BCUT2D eigenvalue weighted by atomic mass is 16.6. The summed E-state index contributed by atoms with van der Waals surface area (Å²) in [5.41, 5.74) is 6.33. The second-order valence-corrected chi connectivity index (χ2v) is 5.86. The minimum Gasteiger partial charge on any atom is -0.378 e. The summed E-state index contributed by atoms with van der Waals surface area (Å²) >= 11 is 0. The van der Waals surface area contributed by atoms with E-state index in [-0.39, 0.29) is 29.3 Å². The number of nitrogens with two attached hydrogens (primary N) is 1. The molecule has 1 aliphatic carbocycles. The van der Waals surface area contributed by atoms with Gasteiger partial charge in [0.1, 0.15) is 0 Å². The molecule has 1 heterocycles. The van der Waals surface area contributed by atoms with E-state index in [9.17, 15) is 10.1 Å². The van der Waals surface area contributed by atoms with Crippen LogP contribution in [0.5, 0.6) is 0 Å². The lowest BCUT2D eigenvalue weighted by molar-refractivity contribution is -0.383. The van der Waals surface area contributed by atoms with Crippen LogP contribution >= 0.6 is 0 Å². The van der Waals surface area contributed by atoms with E-state index in [4.69, 9.17) is 5.73 Å². The lowest BCUT2D eigenvalue weighted by Gasteiger charge is -2.23. The third-order valence-corrected chi connectivity index (χ3v) is 4.07. The third kappa shape index (κ3) is 3.70. The molecule has 1 aromatic carbocycles. The van der Waals surface area contributed by atoms with Crippen molar-refractivity contribution >= 4 is 29.0 Å². The first-order valence-corrected chi connectivity index (χ1v) is 8.04. The molecule has 0 atom stereocenters. The van der Waals surface area contributed by atoms with Crippen LogP contribution in [0.4, 0.5) is 29.0 Å². The van der Waals surface area contributed by atoms with E-state index in [1.54, 1.807) is 0 Å². The van der Waals surface area contributed by atoms with E-state index in [1.807, 2.05) is 30.3 Å². The lowest BCUT2D eigenvalue weighted by atomic mass is 9.95. The predicted octanol–water partition coefficient (Wildman–Crippen LogP) is 3.46. The first-order valence-electron chi connectivity index (χ1n) is 8.04. The van der Waals surface area contributed by atoms with Crippen LogP contribution in [-0.4, -0.2) is 20.9 Å². The van der Waals surface area contributed by atoms with Crippen LogP contribution in [0, 0.1) is 10.1 Å². The van der Waals surface area contributed by atoms with Crippen LogP contribution < -0.4 is 16.4 Å². The molecular weight excluding hydrogens is 308 g/mol. The van der Waals surface area contributed by atoms with Crippen molar-refractivity contribution in [3.63, 3.8) is 0 Å². The molecule has 126 valence electrons. The van der Waals surface area contributed by atoms with Crippen molar-refractivity contribution in [1.29, 1.82) is 0 Å². The Hall–Kier alpha value is -2.90. The molecule has 0 saturated heterocycles. The quantitative estimate of drug-likeness (QED) is 0.568. The molecule has 0 radical (unpaired) electrons. The van der Waals surface area contributed by atoms with Crippen LogP contribution in [0.3, 0.4) is 0 Å². The van der Waals surface area contributed by atoms with Gasteiger partial charge >= 0.3 is 5.69 Å². The molecule has 8 nitrogen and oxygen atoms in total. The number of rotatable bonds is 5. The minimum absolute atomic E-state index is 0.147. The smallest absolute Gasteiger partial charge is 0.353 e. The van der Waals surface area contributed by atoms with E-state index < -0.39 is 4.92 Å². The number of nitrogen functional groups attached to an aromatic ring is 1. The van der Waals surface area contributed by atoms with Gasteiger partial charge in [-0.25, -0.2) is 0 Å². The van der Waals surface area contributed by atoms with Gasteiger partial charge in [-0.15, -0.1) is 0 Å². The highest BCUT2D eigenvalue weighted by Gasteiger charge is 2.25. The van der Waals surface area contributed by atoms with Crippen molar-refractivity contribution in [2.24, 2.45) is 0 Å². The SMILES string of the molecule is Nc1nc(Nc2ccccc2)nc(NC2CCCCC2)c1[N+](=O)[O-]. The number of hydrogen-bond donors (Lipinski definition) is 3. The second kappa shape index (κ2) is 7.12. The van der Waals surface area contributed by atoms with Gasteiger partial charge in [-0.05, 0) is 25.0 Å². The summed E-state index contributed by atoms with van der Waals surface area (Å²) in [5, 5.41) is 17.5. The average Bonchev–Trinajstić information content (AvgIpc) is 2.56. The molecular formula is C16H20N6O2. The Kier molecular flexibility index (Phi) is 4.74. The fourth-order valence-corrected chi connectivity index (χ4v) is 2.90. The van der Waals surface area contributed by atoms with Gasteiger partial charge in [0.15, 0.2) is 0 Å². The number of benzene rings is 1. The second-order valence-electron chi connectivity index (χ2n) is 5.86. The normalized spacial score (nSPS) is 15.0. The van der Waals surface area contributed by atoms with Crippen molar-refractivity contribution in [3.05, 3.63) is 40.4 Å². The molecule has 0 bridgehead atoms. The lowest BCUT2D eigenvalue weighted by Crippen LogP contribution is -2.24. The summed E-state index contributed by atoms with van der Waals surface area (Å²) in [6, 6.07) is 9.53. The highest BCUT2D eigenvalue weighted by molar-refractivity contribution is 5.71. The van der Waals surface area contributed by atoms with Gasteiger partial charge < -0.3 is 16.4 Å². The Balaban J connectivity index is 1.89. The fraction of sp³-hybridized carbons (Fsp3) is 0.375. The molecule has 0 unspecified atom stereocenters. The summed E-state index contributed by atoms with van der Waals surface area (Å²) in [6.07, 6.45) is 5.38. The molecule has 2 aromatic rings. The molecule has 1 aromatic heterocycles. The van der Waals surface area contributed by atoms with Gasteiger partial charge in [0.2, 0.25) is 17.6 Å². The van der Waals surface area contributed by atoms with Crippen LogP contribution in [0.2, 0.25) is 0 Å². The van der Waals surface area contributed by atoms with Gasteiger partial charge in [0.05, 0.1) is 4.92 Å². The summed E-state index contributed by atoms with van der Waals surface area (Å²) < 4.78 is 0. The number of hydrogen-bond acceptors (Lipinski definition) is 7. The molecule has 1 aliphatic rings. The number of anilines is 4. The van der Waals surface area contributed by atoms with Gasteiger partial charge in [-0.2, -0.15) is 9.97 Å². The third-order valence-electron chi connectivity index (χ3n) is 4.07. The first kappa shape index (κ1) is 16.0. The molecule has 0 spiro atoms. The molecule has 1 fully saturated rings. The van der Waals surface area contributed by atoms with Gasteiger partial charge in [-0.3, -0.25) is 10.1 Å². The van der Waals surface area contributed by atoms with Crippen LogP contribution in [0.1, 0.15) is 32.1 Å². The Morgan fingerprint density at radius 2 is 1.83 bits per heavy atom. The molecule has 0 aliphatic heterocycles. The molecule has 4 N–H and O–H groups in total. The minimum atomic E-state index is -0.535. The fourth-order valence-electron chi connectivity index (χ4n) is 2.90. The number of nitro groups is 1. The summed E-state index contributed by atoms with van der Waals surface area (Å²) in [5.74, 6) is 0.271. The van der Waals surface area contributed by atoms with Crippen molar-refractivity contribution in [3.8, 4) is 0 Å². The summed E-state index contributed by atoms with van der Waals surface area (Å²) in [7, 11) is 0. The average molecular weight is 328 g/mol. The molecule has 3 rings (SSSR count). The zero-order chi connectivity index (χ0) is 16.9. The Bertz CT molecular complexity index is 716. The van der Waals surface area contributed by atoms with E-state index >= 15 is 0 Å². The van der Waals surface area contributed by atoms with Crippen LogP contribution in [0.25, 0.3) is 0 Å². The zero-order valence-corrected chi connectivity index (χ0v) is 13.2. The van der Waals surface area contributed by atoms with Crippen LogP contribution in [0.15, 0.2) is 30.3 Å². The maximum Gasteiger partial charge on any atom is 0.353 e. The number of nitrogens with zero attached hydrogens (tertiary/aromatic N) is 3. The Morgan fingerprint density at radius 1 is 1.12 bits per heavy atom. The van der Waals surface area contributed by atoms with Crippen molar-refractivity contribution < 1.29 is 4.92 Å². The van der Waals surface area contributed by atoms with E-state index in [1.165, 1.54) is 6.42 Å². The highest BCUT2D eigenvalue weighted by Crippen LogP contribution is 2.32. The van der Waals surface area contributed by atoms with Crippen molar-refractivity contribution in [2.45, 2.75) is 38.1 Å². The largest absolute Gasteiger partial charge is 0.378 e. The zero-order valence-electron chi connectivity index (χ0n) is 13.2. The number of para-hydroxylation sites is 1. The molecule has 0 amide bonds. The Morgan fingerprint density at radius 3 is 2.50 bits per heavy atom. The number of aromatic nitrogens is 2. The van der Waals surface area contributed by atoms with Crippen LogP contribution in [-0.2, 0) is 0 Å². The van der Waals surface area contributed by atoms with Crippen molar-refractivity contribution in [1.82, 2.24) is 9.97 Å². The van der Waals surface area contributed by atoms with Gasteiger partial charge in [-0.1, -0.05) is 37.5 Å². The molecule has 8 heteroatoms. The first-order chi connectivity index (χ1) is 11.6. The van der Waals surface area contributed by atoms with Crippen molar-refractivity contribution in [2.75, 3.05) is 16.4 Å². The van der Waals surface area contributed by atoms with Gasteiger partial charge in [0, 0.05) is 11.7 Å². The van der Waals surface area contributed by atoms with E-state index in [0.717, 1.165) is 31.4 Å². The maximum absolute atomic E-state index is 11.3. The molecule has 24 heavy (non-hydrogen) atoms.